The molecular formula is C9H14BrNO3. The van der Waals surface area contributed by atoms with Crippen LogP contribution in [0.25, 0.3) is 0 Å². The van der Waals surface area contributed by atoms with Gasteiger partial charge in [-0.25, -0.2) is 4.79 Å². The summed E-state index contributed by atoms with van der Waals surface area (Å²) in [6, 6.07) is 0. The van der Waals surface area contributed by atoms with Gasteiger partial charge in [0.1, 0.15) is 6.10 Å². The predicted octanol–water partition coefficient (Wildman–Crippen LogP) is 2.22. The molecule has 14 heavy (non-hydrogen) atoms. The Morgan fingerprint density at radius 1 is 1.50 bits per heavy atom. The number of esters is 1. The minimum Gasteiger partial charge on any atom is -0.461 e. The summed E-state index contributed by atoms with van der Waals surface area (Å²) in [5.41, 5.74) is 0. The Labute approximate surface area is 91.8 Å². The van der Waals surface area contributed by atoms with E-state index in [4.69, 9.17) is 9.57 Å². The smallest absolute Gasteiger partial charge is 0.367 e. The van der Waals surface area contributed by atoms with Crippen molar-refractivity contribution in [1.82, 2.24) is 0 Å². The first-order valence-electron chi connectivity index (χ1n) is 4.80. The highest BCUT2D eigenvalue weighted by Gasteiger charge is 2.17. The molecule has 0 saturated heterocycles. The number of halogens is 1. The van der Waals surface area contributed by atoms with Gasteiger partial charge in [0.2, 0.25) is 4.62 Å². The van der Waals surface area contributed by atoms with Crippen molar-refractivity contribution in [3.05, 3.63) is 0 Å². The second-order valence-corrected chi connectivity index (χ2v) is 3.87. The van der Waals surface area contributed by atoms with Gasteiger partial charge in [-0.15, -0.1) is 0 Å². The van der Waals surface area contributed by atoms with Crippen molar-refractivity contribution in [2.75, 3.05) is 6.61 Å². The molecule has 0 radical (unpaired) electrons. The lowest BCUT2D eigenvalue weighted by Crippen LogP contribution is -2.13. The molecule has 0 aromatic heterocycles. The Morgan fingerprint density at radius 3 is 2.71 bits per heavy atom. The molecule has 0 unspecified atom stereocenters. The van der Waals surface area contributed by atoms with E-state index in [1.165, 1.54) is 12.8 Å². The Hall–Kier alpha value is -0.580. The molecule has 0 atom stereocenters. The first-order chi connectivity index (χ1) is 6.74. The summed E-state index contributed by atoms with van der Waals surface area (Å²) in [6.07, 6.45) is 4.56. The lowest BCUT2D eigenvalue weighted by molar-refractivity contribution is -0.134. The van der Waals surface area contributed by atoms with Crippen LogP contribution in [-0.4, -0.2) is 23.3 Å². The molecule has 0 aliphatic heterocycles. The summed E-state index contributed by atoms with van der Waals surface area (Å²) < 4.78 is 4.83. The van der Waals surface area contributed by atoms with Crippen LogP contribution in [0.15, 0.2) is 5.16 Å². The molecule has 0 N–H and O–H groups in total. The third-order valence-electron chi connectivity index (χ3n) is 2.03. The first-order valence-corrected chi connectivity index (χ1v) is 5.59. The van der Waals surface area contributed by atoms with E-state index in [0.717, 1.165) is 12.8 Å². The van der Waals surface area contributed by atoms with Crippen molar-refractivity contribution >= 4 is 26.5 Å². The summed E-state index contributed by atoms with van der Waals surface area (Å²) >= 11 is 3.00. The lowest BCUT2D eigenvalue weighted by atomic mass is 10.3. The standard InChI is InChI=1S/C9H14BrNO3/c1-2-13-9(12)8(10)11-14-7-5-3-4-6-7/h7H,2-6H2,1H3. The highest BCUT2D eigenvalue weighted by molar-refractivity contribution is 9.19. The monoisotopic (exact) mass is 263 g/mol. The van der Waals surface area contributed by atoms with Crippen molar-refractivity contribution in [2.45, 2.75) is 38.7 Å². The van der Waals surface area contributed by atoms with Gasteiger partial charge in [0.25, 0.3) is 0 Å². The maximum absolute atomic E-state index is 11.1. The van der Waals surface area contributed by atoms with E-state index in [-0.39, 0.29) is 10.7 Å². The summed E-state index contributed by atoms with van der Waals surface area (Å²) in [5.74, 6) is -0.481. The maximum atomic E-state index is 11.1. The van der Waals surface area contributed by atoms with Gasteiger partial charge < -0.3 is 9.57 Å². The van der Waals surface area contributed by atoms with Crippen molar-refractivity contribution in [3.8, 4) is 0 Å². The zero-order valence-electron chi connectivity index (χ0n) is 8.16. The second-order valence-electron chi connectivity index (χ2n) is 3.11. The number of carbonyl (C=O) groups is 1. The quantitative estimate of drug-likeness (QED) is 0.444. The zero-order valence-corrected chi connectivity index (χ0v) is 9.75. The molecule has 0 bridgehead atoms. The number of ether oxygens (including phenoxy) is 1. The Balaban J connectivity index is 2.31. The van der Waals surface area contributed by atoms with Crippen LogP contribution in [0.4, 0.5) is 0 Å². The van der Waals surface area contributed by atoms with Crippen molar-refractivity contribution in [1.29, 1.82) is 0 Å². The molecule has 1 aliphatic carbocycles. The summed E-state index contributed by atoms with van der Waals surface area (Å²) in [4.78, 5) is 16.2. The van der Waals surface area contributed by atoms with E-state index in [1.54, 1.807) is 6.92 Å². The molecular weight excluding hydrogens is 250 g/mol. The van der Waals surface area contributed by atoms with Gasteiger partial charge in [-0.3, -0.25) is 0 Å². The van der Waals surface area contributed by atoms with E-state index >= 15 is 0 Å². The van der Waals surface area contributed by atoms with Crippen LogP contribution < -0.4 is 0 Å². The molecule has 80 valence electrons. The number of carbonyl (C=O) groups excluding carboxylic acids is 1. The number of hydrogen-bond acceptors (Lipinski definition) is 4. The van der Waals surface area contributed by atoms with E-state index in [9.17, 15) is 4.79 Å². The van der Waals surface area contributed by atoms with Gasteiger partial charge in [0, 0.05) is 0 Å². The molecule has 0 amide bonds. The fourth-order valence-corrected chi connectivity index (χ4v) is 1.54. The second kappa shape index (κ2) is 6.01. The molecule has 0 aromatic rings. The average Bonchev–Trinajstić information content (AvgIpc) is 2.67. The first kappa shape index (κ1) is 11.5. The minimum absolute atomic E-state index is 0.103. The third-order valence-corrected chi connectivity index (χ3v) is 2.50. The Kier molecular flexibility index (Phi) is 4.93. The maximum Gasteiger partial charge on any atom is 0.367 e. The number of nitrogens with zero attached hydrogens (tertiary/aromatic N) is 1. The van der Waals surface area contributed by atoms with Gasteiger partial charge in [-0.05, 0) is 48.5 Å². The summed E-state index contributed by atoms with van der Waals surface area (Å²) in [5, 5.41) is 3.68. The molecule has 0 spiro atoms. The molecule has 5 heteroatoms. The topological polar surface area (TPSA) is 47.9 Å². The fourth-order valence-electron chi connectivity index (χ4n) is 1.34. The van der Waals surface area contributed by atoms with Crippen molar-refractivity contribution < 1.29 is 14.4 Å². The van der Waals surface area contributed by atoms with Gasteiger partial charge in [-0.2, -0.15) is 0 Å². The van der Waals surface area contributed by atoms with Gasteiger partial charge in [0.05, 0.1) is 6.61 Å². The molecule has 1 aliphatic rings. The largest absolute Gasteiger partial charge is 0.461 e. The van der Waals surface area contributed by atoms with Gasteiger partial charge >= 0.3 is 5.97 Å². The number of rotatable bonds is 4. The highest BCUT2D eigenvalue weighted by atomic mass is 79.9. The van der Waals surface area contributed by atoms with E-state index in [1.807, 2.05) is 0 Å². The Morgan fingerprint density at radius 2 is 2.14 bits per heavy atom. The molecule has 1 fully saturated rings. The SMILES string of the molecule is CCOC(=O)C(Br)=NOC1CCCC1. The van der Waals surface area contributed by atoms with Crippen LogP contribution in [0.3, 0.4) is 0 Å². The fraction of sp³-hybridized carbons (Fsp3) is 0.778. The number of hydrogen-bond donors (Lipinski definition) is 0. The van der Waals surface area contributed by atoms with Crippen LogP contribution in [-0.2, 0) is 14.4 Å². The molecule has 1 rings (SSSR count). The zero-order chi connectivity index (χ0) is 10.4. The summed E-state index contributed by atoms with van der Waals surface area (Å²) in [6.45, 7) is 2.09. The summed E-state index contributed by atoms with van der Waals surface area (Å²) in [7, 11) is 0. The van der Waals surface area contributed by atoms with E-state index in [2.05, 4.69) is 21.1 Å². The van der Waals surface area contributed by atoms with Crippen LogP contribution in [0.1, 0.15) is 32.6 Å². The highest BCUT2D eigenvalue weighted by Crippen LogP contribution is 2.21. The third kappa shape index (κ3) is 3.65. The van der Waals surface area contributed by atoms with Crippen molar-refractivity contribution in [3.63, 3.8) is 0 Å². The van der Waals surface area contributed by atoms with Gasteiger partial charge in [0.15, 0.2) is 0 Å². The number of oxime groups is 1. The van der Waals surface area contributed by atoms with E-state index in [0.29, 0.717) is 6.61 Å². The van der Waals surface area contributed by atoms with Crippen LogP contribution >= 0.6 is 15.9 Å². The van der Waals surface area contributed by atoms with Gasteiger partial charge in [-0.1, -0.05) is 5.16 Å². The molecule has 0 aromatic carbocycles. The molecule has 0 heterocycles. The predicted molar refractivity (Wildman–Crippen MR) is 56.3 cm³/mol. The Bertz CT molecular complexity index is 224. The van der Waals surface area contributed by atoms with Crippen LogP contribution in [0, 0.1) is 0 Å². The normalized spacial score (nSPS) is 18.3. The minimum atomic E-state index is -0.481. The lowest BCUT2D eigenvalue weighted by Gasteiger charge is -2.06. The molecule has 1 saturated carbocycles. The molecule has 4 nitrogen and oxygen atoms in total. The van der Waals surface area contributed by atoms with E-state index < -0.39 is 5.97 Å². The van der Waals surface area contributed by atoms with Crippen molar-refractivity contribution in [2.24, 2.45) is 5.16 Å². The van der Waals surface area contributed by atoms with Crippen LogP contribution in [0.2, 0.25) is 0 Å². The van der Waals surface area contributed by atoms with Crippen LogP contribution in [0.5, 0.6) is 0 Å². The average molecular weight is 264 g/mol.